The van der Waals surface area contributed by atoms with Gasteiger partial charge < -0.3 is 0 Å². The molecule has 0 rings (SSSR count). The van der Waals surface area contributed by atoms with E-state index in [9.17, 15) is 0 Å². The Labute approximate surface area is 81.2 Å². The van der Waals surface area contributed by atoms with Crippen LogP contribution in [-0.4, -0.2) is 18.8 Å². The molecule has 0 unspecified atom stereocenters. The van der Waals surface area contributed by atoms with Gasteiger partial charge in [-0.2, -0.15) is 5.11 Å². The van der Waals surface area contributed by atoms with Gasteiger partial charge in [-0.05, 0) is 19.3 Å². The van der Waals surface area contributed by atoms with E-state index >= 15 is 0 Å². The van der Waals surface area contributed by atoms with Gasteiger partial charge >= 0.3 is 0 Å². The molecule has 3 nitrogen and oxygen atoms in total. The minimum absolute atomic E-state index is 0.504. The first-order chi connectivity index (χ1) is 6.35. The molecule has 0 aliphatic rings. The molecule has 13 heavy (non-hydrogen) atoms. The fourth-order valence-corrected chi connectivity index (χ4v) is 1.15. The summed E-state index contributed by atoms with van der Waals surface area (Å²) in [6.07, 6.45) is 5.78. The maximum atomic E-state index is 6.79. The van der Waals surface area contributed by atoms with Crippen molar-refractivity contribution in [2.24, 2.45) is 10.1 Å². The van der Waals surface area contributed by atoms with Gasteiger partial charge in [-0.25, -0.2) is 5.53 Å². The first-order valence-electron chi connectivity index (χ1n) is 5.20. The van der Waals surface area contributed by atoms with Crippen molar-refractivity contribution >= 4 is 5.71 Å². The van der Waals surface area contributed by atoms with E-state index in [1.54, 1.807) is 0 Å². The Kier molecular flexibility index (Phi) is 8.83. The van der Waals surface area contributed by atoms with Crippen molar-refractivity contribution in [2.45, 2.75) is 46.0 Å². The summed E-state index contributed by atoms with van der Waals surface area (Å²) >= 11 is 0. The van der Waals surface area contributed by atoms with Gasteiger partial charge in [0, 0.05) is 12.3 Å². The highest BCUT2D eigenvalue weighted by molar-refractivity contribution is 5.86. The van der Waals surface area contributed by atoms with Crippen LogP contribution >= 0.6 is 0 Å². The van der Waals surface area contributed by atoms with Crippen LogP contribution in [0.4, 0.5) is 0 Å². The van der Waals surface area contributed by atoms with Gasteiger partial charge in [-0.3, -0.25) is 4.99 Å². The lowest BCUT2D eigenvalue weighted by Gasteiger charge is -2.01. The third kappa shape index (κ3) is 7.62. The number of unbranched alkanes of at least 4 members (excludes halogenated alkanes) is 2. The molecule has 0 fully saturated rings. The molecule has 0 aromatic rings. The summed E-state index contributed by atoms with van der Waals surface area (Å²) in [4.78, 5) is 4.41. The Hall–Kier alpha value is -0.730. The van der Waals surface area contributed by atoms with Crippen molar-refractivity contribution in [1.29, 1.82) is 5.53 Å². The largest absolute Gasteiger partial charge is 0.292 e. The zero-order valence-electron chi connectivity index (χ0n) is 8.84. The average Bonchev–Trinajstić information content (AvgIpc) is 2.14. The van der Waals surface area contributed by atoms with Crippen LogP contribution in [-0.2, 0) is 0 Å². The van der Waals surface area contributed by atoms with Crippen LogP contribution in [0, 0.1) is 5.53 Å². The van der Waals surface area contributed by atoms with Crippen LogP contribution < -0.4 is 0 Å². The first kappa shape index (κ1) is 12.3. The predicted octanol–water partition coefficient (Wildman–Crippen LogP) is 3.45. The van der Waals surface area contributed by atoms with Crippen LogP contribution in [0.25, 0.3) is 0 Å². The second kappa shape index (κ2) is 9.36. The number of hydrogen-bond acceptors (Lipinski definition) is 3. The minimum atomic E-state index is 0.504. The Morgan fingerprint density at radius 2 is 1.92 bits per heavy atom. The SMILES string of the molecule is CCCCCC(CN=N)=NCCC. The van der Waals surface area contributed by atoms with E-state index in [1.165, 1.54) is 19.3 Å². The molecule has 0 saturated carbocycles. The normalized spacial score (nSPS) is 11.7. The molecular formula is C10H21N3. The van der Waals surface area contributed by atoms with Crippen molar-refractivity contribution in [3.05, 3.63) is 0 Å². The second-order valence-electron chi connectivity index (χ2n) is 3.22. The molecule has 0 spiro atoms. The summed E-state index contributed by atoms with van der Waals surface area (Å²) < 4.78 is 0. The van der Waals surface area contributed by atoms with E-state index in [2.05, 4.69) is 24.0 Å². The average molecular weight is 183 g/mol. The summed E-state index contributed by atoms with van der Waals surface area (Å²) in [6, 6.07) is 0. The van der Waals surface area contributed by atoms with Gasteiger partial charge in [0.15, 0.2) is 0 Å². The fraction of sp³-hybridized carbons (Fsp3) is 0.900. The standard InChI is InChI=1S/C10H21N3/c1-3-5-6-7-10(9-13-11)12-8-4-2/h11H,3-9H2,1-2H3. The lowest BCUT2D eigenvalue weighted by molar-refractivity contribution is 0.734. The Morgan fingerprint density at radius 1 is 1.15 bits per heavy atom. The maximum Gasteiger partial charge on any atom is 0.0974 e. The second-order valence-corrected chi connectivity index (χ2v) is 3.22. The van der Waals surface area contributed by atoms with Crippen molar-refractivity contribution in [3.8, 4) is 0 Å². The quantitative estimate of drug-likeness (QED) is 0.340. The molecule has 0 atom stereocenters. The molecule has 0 aliphatic carbocycles. The van der Waals surface area contributed by atoms with E-state index in [-0.39, 0.29) is 0 Å². The summed E-state index contributed by atoms with van der Waals surface area (Å²) in [5, 5.41) is 3.39. The van der Waals surface area contributed by atoms with E-state index in [1.807, 2.05) is 0 Å². The highest BCUT2D eigenvalue weighted by atomic mass is 15.0. The number of rotatable bonds is 8. The molecule has 0 heterocycles. The first-order valence-corrected chi connectivity index (χ1v) is 5.20. The van der Waals surface area contributed by atoms with Gasteiger partial charge in [0.2, 0.25) is 0 Å². The lowest BCUT2D eigenvalue weighted by Crippen LogP contribution is -2.03. The van der Waals surface area contributed by atoms with E-state index in [4.69, 9.17) is 5.53 Å². The van der Waals surface area contributed by atoms with E-state index in [0.717, 1.165) is 25.1 Å². The van der Waals surface area contributed by atoms with Crippen molar-refractivity contribution in [1.82, 2.24) is 0 Å². The number of nitrogens with one attached hydrogen (secondary N) is 1. The van der Waals surface area contributed by atoms with Gasteiger partial charge in [0.25, 0.3) is 0 Å². The molecule has 0 aromatic heterocycles. The molecule has 0 amide bonds. The topological polar surface area (TPSA) is 48.6 Å². The molecule has 0 aliphatic heterocycles. The van der Waals surface area contributed by atoms with Crippen LogP contribution in [0.5, 0.6) is 0 Å². The van der Waals surface area contributed by atoms with Crippen molar-refractivity contribution < 1.29 is 0 Å². The third-order valence-electron chi connectivity index (χ3n) is 1.89. The highest BCUT2D eigenvalue weighted by Gasteiger charge is 1.97. The zero-order valence-corrected chi connectivity index (χ0v) is 8.84. The minimum Gasteiger partial charge on any atom is -0.292 e. The van der Waals surface area contributed by atoms with Gasteiger partial charge in [-0.1, -0.05) is 26.7 Å². The van der Waals surface area contributed by atoms with Crippen LogP contribution in [0.1, 0.15) is 46.0 Å². The van der Waals surface area contributed by atoms with Crippen LogP contribution in [0.3, 0.4) is 0 Å². The van der Waals surface area contributed by atoms with E-state index in [0.29, 0.717) is 6.54 Å². The van der Waals surface area contributed by atoms with Crippen molar-refractivity contribution in [3.63, 3.8) is 0 Å². The third-order valence-corrected chi connectivity index (χ3v) is 1.89. The molecule has 3 heteroatoms. The molecule has 76 valence electrons. The van der Waals surface area contributed by atoms with Crippen molar-refractivity contribution in [2.75, 3.05) is 13.1 Å². The molecule has 0 saturated heterocycles. The highest BCUT2D eigenvalue weighted by Crippen LogP contribution is 2.01. The van der Waals surface area contributed by atoms with Gasteiger partial charge in [0.05, 0.1) is 6.54 Å². The number of hydrogen-bond donors (Lipinski definition) is 1. The predicted molar refractivity (Wildman–Crippen MR) is 56.7 cm³/mol. The molecule has 1 N–H and O–H groups in total. The van der Waals surface area contributed by atoms with Crippen LogP contribution in [0.15, 0.2) is 10.1 Å². The summed E-state index contributed by atoms with van der Waals surface area (Å²) in [5.74, 6) is 0. The smallest absolute Gasteiger partial charge is 0.0974 e. The molecule has 0 aromatic carbocycles. The fourth-order valence-electron chi connectivity index (χ4n) is 1.15. The molecule has 0 radical (unpaired) electrons. The summed E-state index contributed by atoms with van der Waals surface area (Å²) in [6.45, 7) is 5.70. The lowest BCUT2D eigenvalue weighted by atomic mass is 10.1. The maximum absolute atomic E-state index is 6.79. The van der Waals surface area contributed by atoms with Gasteiger partial charge in [0.1, 0.15) is 0 Å². The Morgan fingerprint density at radius 3 is 2.46 bits per heavy atom. The summed E-state index contributed by atoms with van der Waals surface area (Å²) in [7, 11) is 0. The van der Waals surface area contributed by atoms with Gasteiger partial charge in [-0.15, -0.1) is 0 Å². The Balaban J connectivity index is 3.72. The Bertz CT molecular complexity index is 152. The van der Waals surface area contributed by atoms with Crippen LogP contribution in [0.2, 0.25) is 0 Å². The zero-order chi connectivity index (χ0) is 9.94. The number of aliphatic imine (C=N–C) groups is 1. The molecule has 0 bridgehead atoms. The summed E-state index contributed by atoms with van der Waals surface area (Å²) in [5.41, 5.74) is 7.90. The monoisotopic (exact) mass is 183 g/mol. The number of nitrogens with zero attached hydrogens (tertiary/aromatic N) is 2. The van der Waals surface area contributed by atoms with E-state index < -0.39 is 0 Å². The molecular weight excluding hydrogens is 162 g/mol.